The topological polar surface area (TPSA) is 58.6 Å². The van der Waals surface area contributed by atoms with Crippen molar-refractivity contribution in [2.24, 2.45) is 11.8 Å². The van der Waals surface area contributed by atoms with Gasteiger partial charge < -0.3 is 15.2 Å². The third-order valence-electron chi connectivity index (χ3n) is 5.50. The van der Waals surface area contributed by atoms with Gasteiger partial charge in [0.25, 0.3) is 0 Å². The molecule has 0 spiro atoms. The van der Waals surface area contributed by atoms with E-state index in [1.54, 1.807) is 12.1 Å². The maximum absolute atomic E-state index is 13.1. The first-order chi connectivity index (χ1) is 11.6. The Balaban J connectivity index is 1.62. The summed E-state index contributed by atoms with van der Waals surface area (Å²) in [4.78, 5) is 14.3. The number of carbonyl (C=O) groups is 1. The van der Waals surface area contributed by atoms with Gasteiger partial charge >= 0.3 is 5.97 Å². The van der Waals surface area contributed by atoms with Crippen LogP contribution in [0.1, 0.15) is 29.0 Å². The lowest BCUT2D eigenvalue weighted by molar-refractivity contribution is -0.169. The monoisotopic (exact) mass is 363 g/mol. The fourth-order valence-corrected chi connectivity index (χ4v) is 6.00. The number of thiophene rings is 2. The molecule has 2 aliphatic rings. The molecule has 0 saturated heterocycles. The molecule has 2 aromatic rings. The van der Waals surface area contributed by atoms with E-state index in [9.17, 15) is 9.90 Å². The summed E-state index contributed by atoms with van der Waals surface area (Å²) < 4.78 is 5.93. The summed E-state index contributed by atoms with van der Waals surface area (Å²) in [5, 5.41) is 18.4. The Kier molecular flexibility index (Phi) is 4.24. The van der Waals surface area contributed by atoms with E-state index in [0.717, 1.165) is 19.3 Å². The van der Waals surface area contributed by atoms with E-state index in [0.29, 0.717) is 27.6 Å². The van der Waals surface area contributed by atoms with E-state index in [-0.39, 0.29) is 6.10 Å². The minimum Gasteiger partial charge on any atom is -0.459 e. The Morgan fingerprint density at radius 2 is 1.92 bits per heavy atom. The van der Waals surface area contributed by atoms with Gasteiger partial charge in [-0.25, -0.2) is 4.79 Å². The Labute approximate surface area is 149 Å². The van der Waals surface area contributed by atoms with Crippen LogP contribution in [0.5, 0.6) is 0 Å². The van der Waals surface area contributed by atoms with Crippen molar-refractivity contribution in [3.63, 3.8) is 0 Å². The average Bonchev–Trinajstić information content (AvgIpc) is 3.37. The van der Waals surface area contributed by atoms with Crippen LogP contribution in [0.3, 0.4) is 0 Å². The van der Waals surface area contributed by atoms with Crippen molar-refractivity contribution in [2.75, 3.05) is 7.05 Å². The molecular weight excluding hydrogens is 342 g/mol. The molecule has 2 fully saturated rings. The summed E-state index contributed by atoms with van der Waals surface area (Å²) in [5.41, 5.74) is -1.69. The number of hydrogen-bond acceptors (Lipinski definition) is 6. The van der Waals surface area contributed by atoms with Crippen LogP contribution in [0.25, 0.3) is 0 Å². The number of hydrogen-bond donors (Lipinski definition) is 2. The zero-order valence-corrected chi connectivity index (χ0v) is 15.1. The molecule has 24 heavy (non-hydrogen) atoms. The number of ether oxygens (including phenoxy) is 1. The molecule has 2 aliphatic carbocycles. The highest BCUT2D eigenvalue weighted by Gasteiger charge is 2.52. The normalized spacial score (nSPS) is 29.1. The van der Waals surface area contributed by atoms with Crippen LogP contribution < -0.4 is 5.32 Å². The van der Waals surface area contributed by atoms with E-state index < -0.39 is 11.6 Å². The summed E-state index contributed by atoms with van der Waals surface area (Å²) >= 11 is 2.76. The van der Waals surface area contributed by atoms with Crippen molar-refractivity contribution < 1.29 is 14.6 Å². The maximum atomic E-state index is 13.1. The van der Waals surface area contributed by atoms with Gasteiger partial charge in [0.2, 0.25) is 5.60 Å². The second kappa shape index (κ2) is 6.26. The van der Waals surface area contributed by atoms with Crippen molar-refractivity contribution in [3.05, 3.63) is 44.8 Å². The number of nitrogens with one attached hydrogen (secondary N) is 1. The van der Waals surface area contributed by atoms with Gasteiger partial charge in [0.05, 0.1) is 9.75 Å². The number of rotatable bonds is 5. The molecular formula is C18H21NO3S2. The van der Waals surface area contributed by atoms with Crippen molar-refractivity contribution in [2.45, 2.75) is 37.0 Å². The zero-order chi connectivity index (χ0) is 16.7. The van der Waals surface area contributed by atoms with Crippen LogP contribution in [-0.4, -0.2) is 30.3 Å². The van der Waals surface area contributed by atoms with E-state index >= 15 is 0 Å². The lowest BCUT2D eigenvalue weighted by atomic mass is 9.96. The standard InChI is InChI=1S/C18H21NO3S2/c1-19-13-10-11-6-7-12(13)16(11)22-17(20)18(21,14-4-2-8-23-14)15-5-3-9-24-15/h2-5,8-9,11-13,16,19,21H,6-7,10H2,1H3/t11-,12+,13+,16-/m1/s1. The second-order valence-electron chi connectivity index (χ2n) is 6.67. The summed E-state index contributed by atoms with van der Waals surface area (Å²) in [5.74, 6) is 0.234. The van der Waals surface area contributed by atoms with E-state index in [4.69, 9.17) is 4.74 Å². The summed E-state index contributed by atoms with van der Waals surface area (Å²) in [6.45, 7) is 0. The molecule has 0 amide bonds. The Morgan fingerprint density at radius 1 is 1.25 bits per heavy atom. The molecule has 6 heteroatoms. The van der Waals surface area contributed by atoms with Gasteiger partial charge in [0.1, 0.15) is 6.10 Å². The molecule has 0 radical (unpaired) electrons. The molecule has 0 aliphatic heterocycles. The highest BCUT2D eigenvalue weighted by molar-refractivity contribution is 7.12. The smallest absolute Gasteiger partial charge is 0.349 e. The van der Waals surface area contributed by atoms with Crippen LogP contribution in [-0.2, 0) is 15.1 Å². The van der Waals surface area contributed by atoms with Gasteiger partial charge in [0, 0.05) is 12.0 Å². The summed E-state index contributed by atoms with van der Waals surface area (Å²) in [6.07, 6.45) is 3.17. The Morgan fingerprint density at radius 3 is 2.42 bits per heavy atom. The van der Waals surface area contributed by atoms with E-state index in [2.05, 4.69) is 5.32 Å². The van der Waals surface area contributed by atoms with E-state index in [1.807, 2.05) is 29.9 Å². The predicted octanol–water partition coefficient (Wildman–Crippen LogP) is 2.98. The molecule has 0 unspecified atom stereocenters. The van der Waals surface area contributed by atoms with Crippen molar-refractivity contribution in [3.8, 4) is 0 Å². The van der Waals surface area contributed by atoms with Crippen molar-refractivity contribution >= 4 is 28.6 Å². The molecule has 2 bridgehead atoms. The molecule has 0 aromatic carbocycles. The molecule has 2 aromatic heterocycles. The number of esters is 1. The van der Waals surface area contributed by atoms with Crippen LogP contribution in [0, 0.1) is 11.8 Å². The van der Waals surface area contributed by atoms with Gasteiger partial charge in [0.15, 0.2) is 0 Å². The quantitative estimate of drug-likeness (QED) is 0.802. The Hall–Kier alpha value is -1.21. The Bertz CT molecular complexity index is 664. The molecule has 2 N–H and O–H groups in total. The summed E-state index contributed by atoms with van der Waals surface area (Å²) in [6, 6.07) is 7.71. The fourth-order valence-electron chi connectivity index (χ4n) is 4.28. The van der Waals surface area contributed by atoms with Crippen molar-refractivity contribution in [1.82, 2.24) is 5.32 Å². The first kappa shape index (κ1) is 16.3. The van der Waals surface area contributed by atoms with Gasteiger partial charge in [-0.15, -0.1) is 22.7 Å². The number of aliphatic hydroxyl groups is 1. The maximum Gasteiger partial charge on any atom is 0.349 e. The molecule has 2 saturated carbocycles. The SMILES string of the molecule is CN[C@H]1C[C@H]2CC[C@@H]1[C@@H]2OC(=O)C(O)(c1cccs1)c1cccs1. The first-order valence-corrected chi connectivity index (χ1v) is 10.1. The highest BCUT2D eigenvalue weighted by atomic mass is 32.1. The van der Waals surface area contributed by atoms with Crippen LogP contribution in [0.2, 0.25) is 0 Å². The predicted molar refractivity (Wildman–Crippen MR) is 95.2 cm³/mol. The molecule has 4 atom stereocenters. The third-order valence-corrected chi connectivity index (χ3v) is 7.45. The lowest BCUT2D eigenvalue weighted by Gasteiger charge is -2.27. The summed E-state index contributed by atoms with van der Waals surface area (Å²) in [7, 11) is 1.97. The van der Waals surface area contributed by atoms with Gasteiger partial charge in [-0.3, -0.25) is 0 Å². The molecule has 2 heterocycles. The van der Waals surface area contributed by atoms with Gasteiger partial charge in [-0.05, 0) is 55.1 Å². The first-order valence-electron chi connectivity index (χ1n) is 8.33. The average molecular weight is 364 g/mol. The minimum absolute atomic E-state index is 0.0820. The number of fused-ring (bicyclic) bond motifs is 2. The highest BCUT2D eigenvalue weighted by Crippen LogP contribution is 2.48. The fraction of sp³-hybridized carbons (Fsp3) is 0.500. The van der Waals surface area contributed by atoms with Crippen LogP contribution >= 0.6 is 22.7 Å². The van der Waals surface area contributed by atoms with E-state index in [1.165, 1.54) is 22.7 Å². The number of carbonyl (C=O) groups excluding carboxylic acids is 1. The van der Waals surface area contributed by atoms with Crippen LogP contribution in [0.4, 0.5) is 0 Å². The van der Waals surface area contributed by atoms with Crippen molar-refractivity contribution in [1.29, 1.82) is 0 Å². The van der Waals surface area contributed by atoms with Crippen LogP contribution in [0.15, 0.2) is 35.0 Å². The minimum atomic E-state index is -1.69. The lowest BCUT2D eigenvalue weighted by Crippen LogP contribution is -2.41. The molecule has 128 valence electrons. The molecule has 4 nitrogen and oxygen atoms in total. The largest absolute Gasteiger partial charge is 0.459 e. The zero-order valence-electron chi connectivity index (χ0n) is 13.5. The molecule has 4 rings (SSSR count). The second-order valence-corrected chi connectivity index (χ2v) is 8.56. The van der Waals surface area contributed by atoms with Gasteiger partial charge in [-0.2, -0.15) is 0 Å². The van der Waals surface area contributed by atoms with Gasteiger partial charge in [-0.1, -0.05) is 12.1 Å². The third kappa shape index (κ3) is 2.44.